The third-order valence-electron chi connectivity index (χ3n) is 11.1. The second-order valence-corrected chi connectivity index (χ2v) is 16.2. The van der Waals surface area contributed by atoms with Crippen LogP contribution in [0, 0.1) is 5.92 Å². The molecule has 22 nitrogen and oxygen atoms in total. The van der Waals surface area contributed by atoms with Gasteiger partial charge in [0.05, 0.1) is 56.3 Å². The summed E-state index contributed by atoms with van der Waals surface area (Å²) < 4.78 is 37.0. The first-order valence-electron chi connectivity index (χ1n) is 19.9. The van der Waals surface area contributed by atoms with Crippen LogP contribution in [-0.2, 0) is 42.8 Å². The lowest BCUT2D eigenvalue weighted by molar-refractivity contribution is -0.359. The average molecular weight is 858 g/mol. The molecule has 3 aliphatic rings. The van der Waals surface area contributed by atoms with Gasteiger partial charge >= 0.3 is 0 Å². The van der Waals surface area contributed by atoms with E-state index in [0.717, 1.165) is 6.92 Å². The highest BCUT2D eigenvalue weighted by atomic mass is 16.7. The minimum atomic E-state index is -1.94. The lowest BCUT2D eigenvalue weighted by Crippen LogP contribution is -2.68. The summed E-state index contributed by atoms with van der Waals surface area (Å²) in [6.45, 7) is 9.10. The molecular formula is C37H67N3O19. The molecule has 3 saturated heterocycles. The third kappa shape index (κ3) is 12.9. The van der Waals surface area contributed by atoms with Crippen LogP contribution >= 0.6 is 0 Å². The van der Waals surface area contributed by atoms with Crippen LogP contribution in [0.1, 0.15) is 74.7 Å². The number of hydrogen-bond donors (Lipinski definition) is 13. The predicted molar refractivity (Wildman–Crippen MR) is 200 cm³/mol. The maximum atomic E-state index is 12.3. The number of aliphatic hydroxyl groups is 10. The summed E-state index contributed by atoms with van der Waals surface area (Å²) in [4.78, 5) is 36.4. The molecule has 59 heavy (non-hydrogen) atoms. The highest BCUT2D eigenvalue weighted by molar-refractivity contribution is 5.74. The Kier molecular flexibility index (Phi) is 18.8. The Balaban J connectivity index is 1.93. The summed E-state index contributed by atoms with van der Waals surface area (Å²) in [5.41, 5.74) is 0. The van der Waals surface area contributed by atoms with E-state index in [1.54, 1.807) is 6.92 Å². The van der Waals surface area contributed by atoms with Gasteiger partial charge in [-0.1, -0.05) is 20.3 Å². The van der Waals surface area contributed by atoms with Crippen LogP contribution in [0.2, 0.25) is 0 Å². The van der Waals surface area contributed by atoms with Crippen molar-refractivity contribution in [2.24, 2.45) is 5.92 Å². The van der Waals surface area contributed by atoms with E-state index >= 15 is 0 Å². The van der Waals surface area contributed by atoms with Gasteiger partial charge in [-0.15, -0.1) is 0 Å². The first kappa shape index (κ1) is 51.1. The minimum Gasteiger partial charge on any atom is -0.394 e. The summed E-state index contributed by atoms with van der Waals surface area (Å²) in [6.07, 6.45) is -21.0. The van der Waals surface area contributed by atoms with Gasteiger partial charge in [-0.05, 0) is 26.7 Å². The molecule has 0 saturated carbocycles. The normalized spacial score (nSPS) is 38.8. The number of aliphatic hydroxyl groups excluding tert-OH is 10. The zero-order valence-corrected chi connectivity index (χ0v) is 34.8. The van der Waals surface area contributed by atoms with Crippen molar-refractivity contribution < 1.29 is 93.9 Å². The lowest BCUT2D eigenvalue weighted by atomic mass is 9.87. The molecule has 0 spiro atoms. The quantitative estimate of drug-likeness (QED) is 0.0578. The molecule has 3 amide bonds. The molecule has 22 heteroatoms. The molecule has 0 aromatic rings. The summed E-state index contributed by atoms with van der Waals surface area (Å²) >= 11 is 0. The van der Waals surface area contributed by atoms with Crippen LogP contribution in [0.15, 0.2) is 0 Å². The molecule has 3 rings (SSSR count). The zero-order valence-electron chi connectivity index (χ0n) is 34.8. The molecule has 13 N–H and O–H groups in total. The fourth-order valence-corrected chi connectivity index (χ4v) is 8.03. The highest BCUT2D eigenvalue weighted by Crippen LogP contribution is 2.39. The van der Waals surface area contributed by atoms with E-state index in [4.69, 9.17) is 28.4 Å². The number of hydrogen-bond acceptors (Lipinski definition) is 19. The molecule has 3 heterocycles. The third-order valence-corrected chi connectivity index (χ3v) is 11.1. The molecule has 0 aromatic carbocycles. The molecule has 5 unspecified atom stereocenters. The Labute approximate surface area is 343 Å². The van der Waals surface area contributed by atoms with Crippen LogP contribution in [0.4, 0.5) is 0 Å². The number of amides is 3. The van der Waals surface area contributed by atoms with Crippen molar-refractivity contribution in [2.45, 2.75) is 190 Å². The van der Waals surface area contributed by atoms with Gasteiger partial charge in [0.25, 0.3) is 0 Å². The summed E-state index contributed by atoms with van der Waals surface area (Å²) in [5, 5.41) is 114. The molecule has 0 radical (unpaired) electrons. The monoisotopic (exact) mass is 857 g/mol. The van der Waals surface area contributed by atoms with Crippen molar-refractivity contribution in [2.75, 3.05) is 19.8 Å². The summed E-state index contributed by atoms with van der Waals surface area (Å²) in [5.74, 6) is -5.78. The van der Waals surface area contributed by atoms with E-state index in [1.165, 1.54) is 27.7 Å². The first-order chi connectivity index (χ1) is 27.4. The van der Waals surface area contributed by atoms with Crippen molar-refractivity contribution in [1.29, 1.82) is 0 Å². The fraction of sp³-hybridized carbons (Fsp3) is 0.919. The molecule has 0 bridgehead atoms. The van der Waals surface area contributed by atoms with Crippen LogP contribution in [0.5, 0.6) is 0 Å². The van der Waals surface area contributed by atoms with E-state index < -0.39 is 159 Å². The average Bonchev–Trinajstić information content (AvgIpc) is 3.15. The number of carbonyl (C=O) groups is 3. The Hall–Kier alpha value is -2.23. The zero-order chi connectivity index (χ0) is 44.7. The Morgan fingerprint density at radius 3 is 1.64 bits per heavy atom. The van der Waals surface area contributed by atoms with Crippen molar-refractivity contribution >= 4 is 17.7 Å². The first-order valence-corrected chi connectivity index (χ1v) is 19.9. The Morgan fingerprint density at radius 1 is 0.729 bits per heavy atom. The predicted octanol–water partition coefficient (Wildman–Crippen LogP) is -5.04. The van der Waals surface area contributed by atoms with E-state index in [1.807, 2.05) is 13.8 Å². The van der Waals surface area contributed by atoms with Gasteiger partial charge in [0.1, 0.15) is 61.0 Å². The maximum Gasteiger partial charge on any atom is 0.217 e. The van der Waals surface area contributed by atoms with Crippen molar-refractivity contribution in [3.05, 3.63) is 0 Å². The minimum absolute atomic E-state index is 0.278. The van der Waals surface area contributed by atoms with E-state index in [9.17, 15) is 65.4 Å². The summed E-state index contributed by atoms with van der Waals surface area (Å²) in [6, 6.07) is -3.85. The Morgan fingerprint density at radius 2 is 1.20 bits per heavy atom. The van der Waals surface area contributed by atoms with Gasteiger partial charge in [-0.3, -0.25) is 14.4 Å². The molecule has 344 valence electrons. The topological polar surface area (TPSA) is 345 Å². The van der Waals surface area contributed by atoms with Crippen LogP contribution in [0.25, 0.3) is 0 Å². The smallest absolute Gasteiger partial charge is 0.217 e. The maximum absolute atomic E-state index is 12.3. The SMILES string of the molecule is CCC(C)[C@H](O[C@@H]1OC(CO)[C@H](O)[C@H](O)C1NC(C)=O)[C@@H](C)O[C@]1(C)C[C@@H](O)[C@@H](NC(C)=O)C([C@H](O)[C@@H](CO)O[C@]2(C)C[C@@H](O)[C@@H](NC(C)=O)C([C@H](O)[C@H](O)CO)O2)O1. The number of carbonyl (C=O) groups excluding carboxylic acids is 3. The van der Waals surface area contributed by atoms with E-state index in [2.05, 4.69) is 16.0 Å². The second kappa shape index (κ2) is 21.7. The van der Waals surface area contributed by atoms with Gasteiger partial charge in [0, 0.05) is 33.6 Å². The molecular weight excluding hydrogens is 790 g/mol. The molecule has 0 aromatic heterocycles. The fourth-order valence-electron chi connectivity index (χ4n) is 8.03. The number of rotatable bonds is 19. The molecule has 3 fully saturated rings. The lowest BCUT2D eigenvalue weighted by Gasteiger charge is -2.51. The van der Waals surface area contributed by atoms with Crippen LogP contribution in [-0.4, -0.2) is 204 Å². The van der Waals surface area contributed by atoms with Gasteiger partial charge in [0.15, 0.2) is 17.9 Å². The van der Waals surface area contributed by atoms with Gasteiger partial charge < -0.3 is 95.4 Å². The van der Waals surface area contributed by atoms with Crippen molar-refractivity contribution in [1.82, 2.24) is 16.0 Å². The highest BCUT2D eigenvalue weighted by Gasteiger charge is 2.55. The standard InChI is InChI=1S/C37H67N3O19/c1-9-15(2)32(55-35-27(40-19(6)46)31(53)29(51)23(13-42)54-35)16(3)56-36(7)10-20(47)26(39-18(5)45)34(59-36)30(52)24(14-43)57-37(8)11-21(48)25(38-17(4)44)33(58-37)28(50)22(49)12-41/h15-16,20-35,41-43,47-53H,9-14H2,1-8H3,(H,38,44)(H,39,45)(H,40,46)/t15?,16-,20-,21-,22-,23?,24-,25-,26-,27?,28-,29+,30-,31-,32+,33?,34?,35+,36+,37+/m1/s1. The van der Waals surface area contributed by atoms with Crippen molar-refractivity contribution in [3.8, 4) is 0 Å². The largest absolute Gasteiger partial charge is 0.394 e. The summed E-state index contributed by atoms with van der Waals surface area (Å²) in [7, 11) is 0. The van der Waals surface area contributed by atoms with Crippen molar-refractivity contribution in [3.63, 3.8) is 0 Å². The molecule has 0 aliphatic carbocycles. The van der Waals surface area contributed by atoms with E-state index in [0.29, 0.717) is 6.42 Å². The van der Waals surface area contributed by atoms with Crippen LogP contribution < -0.4 is 16.0 Å². The number of ether oxygens (including phenoxy) is 6. The van der Waals surface area contributed by atoms with Gasteiger partial charge in [0.2, 0.25) is 17.7 Å². The van der Waals surface area contributed by atoms with Gasteiger partial charge in [-0.2, -0.15) is 0 Å². The molecule has 20 atom stereocenters. The van der Waals surface area contributed by atoms with Crippen LogP contribution in [0.3, 0.4) is 0 Å². The van der Waals surface area contributed by atoms with Gasteiger partial charge in [-0.25, -0.2) is 0 Å². The molecule has 3 aliphatic heterocycles. The van der Waals surface area contributed by atoms with E-state index in [-0.39, 0.29) is 12.3 Å². The Bertz CT molecular complexity index is 1370. The number of nitrogens with one attached hydrogen (secondary N) is 3. The second-order valence-electron chi connectivity index (χ2n) is 16.2.